The van der Waals surface area contributed by atoms with Crippen LogP contribution < -0.4 is 10.9 Å². The molecule has 3 saturated heterocycles. The molecule has 0 aromatic carbocycles. The maximum Gasteiger partial charge on any atom is 0.250 e. The van der Waals surface area contributed by atoms with E-state index in [1.165, 1.54) is 45.2 Å². The topological polar surface area (TPSA) is 74.6 Å². The van der Waals surface area contributed by atoms with Crippen LogP contribution in [0.15, 0.2) is 23.0 Å². The molecule has 7 nitrogen and oxygen atoms in total. The quantitative estimate of drug-likeness (QED) is 0.716. The summed E-state index contributed by atoms with van der Waals surface area (Å²) < 4.78 is 1.89. The molecular weight excluding hydrogens is 416 g/mol. The van der Waals surface area contributed by atoms with Gasteiger partial charge in [-0.15, -0.1) is 0 Å². The van der Waals surface area contributed by atoms with Gasteiger partial charge in [-0.2, -0.15) is 0 Å². The maximum absolute atomic E-state index is 12.9. The van der Waals surface area contributed by atoms with E-state index in [1.54, 1.807) is 6.07 Å². The molecule has 5 rings (SSSR count). The van der Waals surface area contributed by atoms with Gasteiger partial charge in [0, 0.05) is 62.7 Å². The molecule has 4 aliphatic rings. The monoisotopic (exact) mass is 454 g/mol. The SMILES string of the molecule is O=C(CCCC(=O)N1C[C@@H]2C[C@H](C1)c1cccc(=O)n1C2)NC[C@@H]1CCCN2CCCC[C@H]12. The fourth-order valence-corrected chi connectivity index (χ4v) is 6.81. The lowest BCUT2D eigenvalue weighted by Crippen LogP contribution is -2.51. The molecule has 0 saturated carbocycles. The molecule has 33 heavy (non-hydrogen) atoms. The third-order valence-corrected chi connectivity index (χ3v) is 8.42. The zero-order valence-corrected chi connectivity index (χ0v) is 19.7. The van der Waals surface area contributed by atoms with Crippen molar-refractivity contribution >= 4 is 11.8 Å². The maximum atomic E-state index is 12.9. The third-order valence-electron chi connectivity index (χ3n) is 8.42. The molecule has 2 amide bonds. The summed E-state index contributed by atoms with van der Waals surface area (Å²) in [4.78, 5) is 42.1. The lowest BCUT2D eigenvalue weighted by molar-refractivity contribution is -0.134. The van der Waals surface area contributed by atoms with Crippen molar-refractivity contribution in [3.63, 3.8) is 0 Å². The van der Waals surface area contributed by atoms with Crippen molar-refractivity contribution in [1.29, 1.82) is 0 Å². The highest BCUT2D eigenvalue weighted by Gasteiger charge is 2.36. The molecule has 0 spiro atoms. The van der Waals surface area contributed by atoms with Crippen LogP contribution in [0.25, 0.3) is 0 Å². The van der Waals surface area contributed by atoms with Gasteiger partial charge in [0.2, 0.25) is 11.8 Å². The normalized spacial score (nSPS) is 29.2. The number of hydrogen-bond acceptors (Lipinski definition) is 4. The Morgan fingerprint density at radius 2 is 1.88 bits per heavy atom. The first kappa shape index (κ1) is 22.6. The Morgan fingerprint density at radius 1 is 1.00 bits per heavy atom. The Kier molecular flexibility index (Phi) is 6.86. The van der Waals surface area contributed by atoms with Crippen molar-refractivity contribution in [2.75, 3.05) is 32.7 Å². The van der Waals surface area contributed by atoms with Crippen molar-refractivity contribution in [2.24, 2.45) is 11.8 Å². The number of rotatable bonds is 6. The van der Waals surface area contributed by atoms with Crippen molar-refractivity contribution in [1.82, 2.24) is 19.7 Å². The number of fused-ring (bicyclic) bond motifs is 5. The number of nitrogens with one attached hydrogen (secondary N) is 1. The van der Waals surface area contributed by atoms with Gasteiger partial charge in [0.15, 0.2) is 0 Å². The van der Waals surface area contributed by atoms with Gasteiger partial charge < -0.3 is 19.7 Å². The average Bonchev–Trinajstić information content (AvgIpc) is 2.83. The summed E-state index contributed by atoms with van der Waals surface area (Å²) in [6.45, 7) is 5.33. The summed E-state index contributed by atoms with van der Waals surface area (Å²) in [6, 6.07) is 6.12. The Labute approximate surface area is 196 Å². The molecule has 1 N–H and O–H groups in total. The smallest absolute Gasteiger partial charge is 0.250 e. The highest BCUT2D eigenvalue weighted by atomic mass is 16.2. The summed E-state index contributed by atoms with van der Waals surface area (Å²) in [6.07, 6.45) is 8.85. The predicted molar refractivity (Wildman–Crippen MR) is 127 cm³/mol. The van der Waals surface area contributed by atoms with E-state index >= 15 is 0 Å². The van der Waals surface area contributed by atoms with E-state index in [4.69, 9.17) is 0 Å². The van der Waals surface area contributed by atoms with Crippen LogP contribution in [0.2, 0.25) is 0 Å². The number of nitrogens with zero attached hydrogens (tertiary/aromatic N) is 3. The standard InChI is InChI=1S/C26H38N4O3/c31-24(27-15-20-6-5-13-28-12-2-1-7-22(20)28)9-4-10-25(32)29-16-19-14-21(18-29)23-8-3-11-26(33)30(23)17-19/h3,8,11,19-22H,1-2,4-7,9-10,12-18H2,(H,27,31)/t19-,20-,21+,22+/m0/s1. The second-order valence-electron chi connectivity index (χ2n) is 10.7. The van der Waals surface area contributed by atoms with Crippen LogP contribution in [0, 0.1) is 11.8 Å². The minimum Gasteiger partial charge on any atom is -0.356 e. The molecule has 4 atom stereocenters. The predicted octanol–water partition coefficient (Wildman–Crippen LogP) is 2.35. The first-order valence-corrected chi connectivity index (χ1v) is 13.1. The summed E-state index contributed by atoms with van der Waals surface area (Å²) in [7, 11) is 0. The summed E-state index contributed by atoms with van der Waals surface area (Å²) in [5.41, 5.74) is 1.13. The van der Waals surface area contributed by atoms with Crippen LogP contribution in [0.1, 0.15) is 69.4 Å². The van der Waals surface area contributed by atoms with Gasteiger partial charge in [-0.3, -0.25) is 14.4 Å². The fraction of sp³-hybridized carbons (Fsp3) is 0.731. The Bertz CT molecular complexity index is 926. The highest BCUT2D eigenvalue weighted by molar-refractivity contribution is 5.79. The number of aromatic nitrogens is 1. The summed E-state index contributed by atoms with van der Waals surface area (Å²) in [5.74, 6) is 1.40. The van der Waals surface area contributed by atoms with Crippen LogP contribution in [-0.4, -0.2) is 64.9 Å². The van der Waals surface area contributed by atoms with Crippen molar-refractivity contribution in [2.45, 2.75) is 76.3 Å². The lowest BCUT2D eigenvalue weighted by Gasteiger charge is -2.44. The Balaban J connectivity index is 1.05. The van der Waals surface area contributed by atoms with Crippen LogP contribution >= 0.6 is 0 Å². The van der Waals surface area contributed by atoms with E-state index in [-0.39, 0.29) is 23.3 Å². The van der Waals surface area contributed by atoms with Gasteiger partial charge in [-0.25, -0.2) is 0 Å². The average molecular weight is 455 g/mol. The Hall–Kier alpha value is -2.15. The summed E-state index contributed by atoms with van der Waals surface area (Å²) in [5, 5.41) is 3.16. The third kappa shape index (κ3) is 5.03. The Morgan fingerprint density at radius 3 is 2.79 bits per heavy atom. The molecule has 1 aromatic heterocycles. The molecule has 180 valence electrons. The van der Waals surface area contributed by atoms with Gasteiger partial charge in [0.25, 0.3) is 5.56 Å². The second kappa shape index (κ2) is 10.00. The number of hydrogen-bond donors (Lipinski definition) is 1. The summed E-state index contributed by atoms with van der Waals surface area (Å²) >= 11 is 0. The number of pyridine rings is 1. The number of amides is 2. The molecule has 0 radical (unpaired) electrons. The van der Waals surface area contributed by atoms with E-state index in [0.717, 1.165) is 25.2 Å². The van der Waals surface area contributed by atoms with Gasteiger partial charge >= 0.3 is 0 Å². The van der Waals surface area contributed by atoms with Crippen LogP contribution in [-0.2, 0) is 16.1 Å². The van der Waals surface area contributed by atoms with E-state index in [0.29, 0.717) is 50.2 Å². The largest absolute Gasteiger partial charge is 0.356 e. The first-order chi connectivity index (χ1) is 16.1. The molecule has 4 aliphatic heterocycles. The van der Waals surface area contributed by atoms with Gasteiger partial charge in [-0.1, -0.05) is 12.5 Å². The number of carbonyl (C=O) groups is 2. The van der Waals surface area contributed by atoms with Crippen LogP contribution in [0.3, 0.4) is 0 Å². The van der Waals surface area contributed by atoms with E-state index < -0.39 is 0 Å². The van der Waals surface area contributed by atoms with Crippen molar-refractivity contribution < 1.29 is 9.59 Å². The zero-order valence-electron chi connectivity index (χ0n) is 19.7. The van der Waals surface area contributed by atoms with Crippen molar-refractivity contribution in [3.05, 3.63) is 34.2 Å². The molecule has 0 unspecified atom stereocenters. The zero-order chi connectivity index (χ0) is 22.8. The van der Waals surface area contributed by atoms with E-state index in [2.05, 4.69) is 10.2 Å². The molecule has 5 heterocycles. The minimum atomic E-state index is 0.0670. The van der Waals surface area contributed by atoms with Crippen molar-refractivity contribution in [3.8, 4) is 0 Å². The molecule has 7 heteroatoms. The van der Waals surface area contributed by atoms with E-state index in [1.807, 2.05) is 21.6 Å². The minimum absolute atomic E-state index is 0.0670. The van der Waals surface area contributed by atoms with Gasteiger partial charge in [0.1, 0.15) is 0 Å². The number of piperidine rings is 3. The number of likely N-dealkylation sites (tertiary alicyclic amines) is 1. The lowest BCUT2D eigenvalue weighted by atomic mass is 9.83. The molecule has 3 fully saturated rings. The molecule has 0 aliphatic carbocycles. The second-order valence-corrected chi connectivity index (χ2v) is 10.7. The van der Waals surface area contributed by atoms with Crippen LogP contribution in [0.4, 0.5) is 0 Å². The molecule has 1 aromatic rings. The number of carbonyl (C=O) groups excluding carboxylic acids is 2. The van der Waals surface area contributed by atoms with E-state index in [9.17, 15) is 14.4 Å². The first-order valence-electron chi connectivity index (χ1n) is 13.1. The molecule has 2 bridgehead atoms. The van der Waals surface area contributed by atoms with Gasteiger partial charge in [0.05, 0.1) is 0 Å². The highest BCUT2D eigenvalue weighted by Crippen LogP contribution is 2.35. The van der Waals surface area contributed by atoms with Crippen LogP contribution in [0.5, 0.6) is 0 Å². The fourth-order valence-electron chi connectivity index (χ4n) is 6.81. The van der Waals surface area contributed by atoms with Gasteiger partial charge in [-0.05, 0) is 69.5 Å². The molecular formula is C26H38N4O3.